The van der Waals surface area contributed by atoms with Gasteiger partial charge < -0.3 is 0 Å². The van der Waals surface area contributed by atoms with E-state index in [-0.39, 0.29) is 5.82 Å². The molecule has 2 rings (SSSR count). The van der Waals surface area contributed by atoms with E-state index in [4.69, 9.17) is 0 Å². The number of benzene rings is 1. The van der Waals surface area contributed by atoms with E-state index < -0.39 is 11.7 Å². The summed E-state index contributed by atoms with van der Waals surface area (Å²) < 4.78 is 51.3. The Balaban J connectivity index is 2.04. The van der Waals surface area contributed by atoms with Gasteiger partial charge in [-0.15, -0.1) is 11.8 Å². The molecule has 0 fully saturated rings. The lowest BCUT2D eigenvalue weighted by Gasteiger charge is -2.07. The van der Waals surface area contributed by atoms with Gasteiger partial charge in [0.15, 0.2) is 0 Å². The van der Waals surface area contributed by atoms with Crippen LogP contribution in [0.15, 0.2) is 46.0 Å². The van der Waals surface area contributed by atoms with Crippen molar-refractivity contribution >= 4 is 27.7 Å². The van der Waals surface area contributed by atoms with Gasteiger partial charge in [-0.1, -0.05) is 22.0 Å². The van der Waals surface area contributed by atoms with Crippen molar-refractivity contribution in [3.63, 3.8) is 0 Å². The molecule has 0 aliphatic heterocycles. The van der Waals surface area contributed by atoms with Crippen LogP contribution in [0.5, 0.6) is 0 Å². The molecule has 1 aromatic heterocycles. The lowest BCUT2D eigenvalue weighted by molar-refractivity contribution is -0.137. The van der Waals surface area contributed by atoms with Crippen LogP contribution in [0.1, 0.15) is 11.1 Å². The number of aromatic nitrogens is 1. The molecule has 0 amide bonds. The Morgan fingerprint density at radius 2 is 1.90 bits per heavy atom. The first-order valence-electron chi connectivity index (χ1n) is 5.46. The van der Waals surface area contributed by atoms with Crippen molar-refractivity contribution < 1.29 is 17.6 Å². The minimum absolute atomic E-state index is 0.303. The van der Waals surface area contributed by atoms with E-state index in [2.05, 4.69) is 20.9 Å². The minimum Gasteiger partial charge on any atom is -0.249 e. The van der Waals surface area contributed by atoms with Gasteiger partial charge >= 0.3 is 6.18 Å². The second kappa shape index (κ2) is 6.13. The van der Waals surface area contributed by atoms with Gasteiger partial charge in [0.05, 0.1) is 10.6 Å². The Bertz CT molecular complexity index is 598. The van der Waals surface area contributed by atoms with E-state index in [9.17, 15) is 17.6 Å². The van der Waals surface area contributed by atoms with Crippen molar-refractivity contribution in [3.05, 3.63) is 57.9 Å². The molecule has 0 unspecified atom stereocenters. The monoisotopic (exact) mass is 365 g/mol. The number of thioether (sulfide) groups is 1. The third-order valence-electron chi connectivity index (χ3n) is 2.45. The van der Waals surface area contributed by atoms with Gasteiger partial charge in [0.25, 0.3) is 0 Å². The van der Waals surface area contributed by atoms with Crippen molar-refractivity contribution in [2.75, 3.05) is 0 Å². The van der Waals surface area contributed by atoms with Crippen LogP contribution < -0.4 is 0 Å². The Hall–Kier alpha value is -1.08. The highest BCUT2D eigenvalue weighted by atomic mass is 79.9. The van der Waals surface area contributed by atoms with E-state index in [1.807, 2.05) is 0 Å². The van der Waals surface area contributed by atoms with Crippen LogP contribution in [0.3, 0.4) is 0 Å². The highest BCUT2D eigenvalue weighted by Crippen LogP contribution is 2.30. The van der Waals surface area contributed by atoms with Crippen molar-refractivity contribution in [2.45, 2.75) is 17.0 Å². The summed E-state index contributed by atoms with van der Waals surface area (Å²) in [5, 5.41) is 0.417. The largest absolute Gasteiger partial charge is 0.417 e. The van der Waals surface area contributed by atoms with E-state index in [1.54, 1.807) is 12.1 Å². The molecule has 0 spiro atoms. The standard InChI is InChI=1S/C13H8BrF4NS/c14-10-3-1-8(11(15)5-10)7-20-12-4-2-9(6-19-12)13(16,17)18/h1-6H,7H2. The summed E-state index contributed by atoms with van der Waals surface area (Å²) in [4.78, 5) is 3.72. The molecule has 1 aromatic carbocycles. The first kappa shape index (κ1) is 15.3. The Labute approximate surface area is 125 Å². The van der Waals surface area contributed by atoms with E-state index in [1.165, 1.54) is 23.9 Å². The molecule has 0 aliphatic carbocycles. The van der Waals surface area contributed by atoms with Crippen LogP contribution in [0.25, 0.3) is 0 Å². The number of rotatable bonds is 3. The molecule has 20 heavy (non-hydrogen) atoms. The van der Waals surface area contributed by atoms with Crippen LogP contribution in [0.2, 0.25) is 0 Å². The molecule has 1 nitrogen and oxygen atoms in total. The predicted octanol–water partition coefficient (Wildman–Crippen LogP) is 5.29. The summed E-state index contributed by atoms with van der Waals surface area (Å²) in [5.74, 6) is -0.0592. The molecule has 0 saturated heterocycles. The zero-order valence-corrected chi connectivity index (χ0v) is 12.3. The zero-order chi connectivity index (χ0) is 14.8. The number of nitrogens with zero attached hydrogens (tertiary/aromatic N) is 1. The normalized spacial score (nSPS) is 11.7. The summed E-state index contributed by atoms with van der Waals surface area (Å²) in [7, 11) is 0. The van der Waals surface area contributed by atoms with Gasteiger partial charge in [0.2, 0.25) is 0 Å². The molecule has 7 heteroatoms. The first-order valence-corrected chi connectivity index (χ1v) is 7.24. The maximum atomic E-state index is 13.6. The lowest BCUT2D eigenvalue weighted by atomic mass is 10.2. The SMILES string of the molecule is Fc1cc(Br)ccc1CSc1ccc(C(F)(F)F)cn1. The third kappa shape index (κ3) is 3.96. The zero-order valence-electron chi connectivity index (χ0n) is 9.92. The average molecular weight is 366 g/mol. The lowest BCUT2D eigenvalue weighted by Crippen LogP contribution is -2.05. The minimum atomic E-state index is -4.39. The molecule has 0 bridgehead atoms. The number of hydrogen-bond acceptors (Lipinski definition) is 2. The van der Waals surface area contributed by atoms with Gasteiger partial charge in [-0.3, -0.25) is 0 Å². The average Bonchev–Trinajstić information content (AvgIpc) is 2.37. The fraction of sp³-hybridized carbons (Fsp3) is 0.154. The molecule has 0 radical (unpaired) electrons. The van der Waals surface area contributed by atoms with Crippen LogP contribution in [0, 0.1) is 5.82 Å². The first-order chi connectivity index (χ1) is 9.36. The van der Waals surface area contributed by atoms with Crippen LogP contribution in [-0.4, -0.2) is 4.98 Å². The van der Waals surface area contributed by atoms with E-state index in [0.29, 0.717) is 20.8 Å². The third-order valence-corrected chi connectivity index (χ3v) is 3.94. The van der Waals surface area contributed by atoms with Gasteiger partial charge in [-0.25, -0.2) is 9.37 Å². The fourth-order valence-corrected chi connectivity index (χ4v) is 2.59. The maximum absolute atomic E-state index is 13.6. The Morgan fingerprint density at radius 3 is 2.45 bits per heavy atom. The molecule has 2 aromatic rings. The van der Waals surface area contributed by atoms with E-state index in [0.717, 1.165) is 12.3 Å². The summed E-state index contributed by atoms with van der Waals surface area (Å²) in [5.41, 5.74) is -0.323. The molecule has 1 heterocycles. The predicted molar refractivity (Wildman–Crippen MR) is 72.9 cm³/mol. The molecular weight excluding hydrogens is 358 g/mol. The van der Waals surface area contributed by atoms with Gasteiger partial charge in [-0.05, 0) is 29.8 Å². The summed E-state index contributed by atoms with van der Waals surface area (Å²) >= 11 is 4.33. The molecule has 0 N–H and O–H groups in total. The smallest absolute Gasteiger partial charge is 0.249 e. The molecule has 106 valence electrons. The van der Waals surface area contributed by atoms with Crippen molar-refractivity contribution in [2.24, 2.45) is 0 Å². The molecular formula is C13H8BrF4NS. The highest BCUT2D eigenvalue weighted by molar-refractivity contribution is 9.10. The van der Waals surface area contributed by atoms with Crippen LogP contribution in [0.4, 0.5) is 17.6 Å². The van der Waals surface area contributed by atoms with Crippen LogP contribution >= 0.6 is 27.7 Å². The second-order valence-electron chi connectivity index (χ2n) is 3.91. The Kier molecular flexibility index (Phi) is 4.70. The fourth-order valence-electron chi connectivity index (χ4n) is 1.42. The quantitative estimate of drug-likeness (QED) is 0.541. The van der Waals surface area contributed by atoms with Crippen molar-refractivity contribution in [1.82, 2.24) is 4.98 Å². The summed E-state index contributed by atoms with van der Waals surface area (Å²) in [6.45, 7) is 0. The number of pyridine rings is 1. The molecule has 0 atom stereocenters. The molecule has 0 saturated carbocycles. The van der Waals surface area contributed by atoms with Crippen molar-refractivity contribution in [3.8, 4) is 0 Å². The summed E-state index contributed by atoms with van der Waals surface area (Å²) in [6.07, 6.45) is -3.62. The summed E-state index contributed by atoms with van der Waals surface area (Å²) in [6, 6.07) is 6.92. The highest BCUT2D eigenvalue weighted by Gasteiger charge is 2.30. The van der Waals surface area contributed by atoms with Gasteiger partial charge in [-0.2, -0.15) is 13.2 Å². The topological polar surface area (TPSA) is 12.9 Å². The maximum Gasteiger partial charge on any atom is 0.417 e. The number of hydrogen-bond donors (Lipinski definition) is 0. The van der Waals surface area contributed by atoms with Gasteiger partial charge in [0.1, 0.15) is 5.82 Å². The van der Waals surface area contributed by atoms with Gasteiger partial charge in [0, 0.05) is 16.4 Å². The Morgan fingerprint density at radius 1 is 1.15 bits per heavy atom. The van der Waals surface area contributed by atoms with E-state index >= 15 is 0 Å². The molecule has 0 aliphatic rings. The second-order valence-corrected chi connectivity index (χ2v) is 5.82. The number of alkyl halides is 3. The number of halogens is 5. The van der Waals surface area contributed by atoms with Crippen LogP contribution in [-0.2, 0) is 11.9 Å². The van der Waals surface area contributed by atoms with Crippen molar-refractivity contribution in [1.29, 1.82) is 0 Å².